The second kappa shape index (κ2) is 5.06. The average Bonchev–Trinajstić information content (AvgIpc) is 2.57. The number of phenolic OH excluding ortho intramolecular Hbond substituents is 2. The van der Waals surface area contributed by atoms with Gasteiger partial charge < -0.3 is 25.0 Å². The third-order valence-electron chi connectivity index (χ3n) is 4.87. The summed E-state index contributed by atoms with van der Waals surface area (Å²) in [6.45, 7) is 0.891. The second-order valence-corrected chi connectivity index (χ2v) is 5.99. The van der Waals surface area contributed by atoms with Gasteiger partial charge in [-0.2, -0.15) is 0 Å². The first-order valence-corrected chi connectivity index (χ1v) is 7.71. The Morgan fingerprint density at radius 1 is 1.00 bits per heavy atom. The molecule has 5 heteroatoms. The molecule has 1 atom stereocenters. The largest absolute Gasteiger partial charge is 0.504 e. The van der Waals surface area contributed by atoms with E-state index < -0.39 is 0 Å². The lowest BCUT2D eigenvalue weighted by atomic mass is 9.77. The number of benzene rings is 2. The van der Waals surface area contributed by atoms with Crippen LogP contribution in [0.4, 0.5) is 0 Å². The van der Waals surface area contributed by atoms with E-state index in [-0.39, 0.29) is 17.5 Å². The van der Waals surface area contributed by atoms with Crippen LogP contribution < -0.4 is 14.8 Å². The topological polar surface area (TPSA) is 71.0 Å². The van der Waals surface area contributed by atoms with E-state index in [0.717, 1.165) is 36.1 Å². The van der Waals surface area contributed by atoms with Crippen LogP contribution in [0.1, 0.15) is 22.7 Å². The van der Waals surface area contributed by atoms with Crippen molar-refractivity contribution < 1.29 is 19.7 Å². The van der Waals surface area contributed by atoms with Crippen molar-refractivity contribution in [1.29, 1.82) is 0 Å². The van der Waals surface area contributed by atoms with Crippen molar-refractivity contribution in [3.05, 3.63) is 34.9 Å². The predicted molar refractivity (Wildman–Crippen MR) is 86.5 cm³/mol. The summed E-state index contributed by atoms with van der Waals surface area (Å²) in [4.78, 5) is 0. The molecule has 0 saturated heterocycles. The average molecular weight is 313 g/mol. The van der Waals surface area contributed by atoms with E-state index in [4.69, 9.17) is 9.47 Å². The molecular formula is C18H19NO4. The van der Waals surface area contributed by atoms with Gasteiger partial charge in [0.25, 0.3) is 0 Å². The number of nitrogens with one attached hydrogen (secondary N) is 1. The predicted octanol–water partition coefficient (Wildman–Crippen LogP) is 2.52. The van der Waals surface area contributed by atoms with E-state index >= 15 is 0 Å². The van der Waals surface area contributed by atoms with Gasteiger partial charge in [0.05, 0.1) is 14.2 Å². The smallest absolute Gasteiger partial charge is 0.166 e. The van der Waals surface area contributed by atoms with Crippen molar-refractivity contribution in [3.8, 4) is 34.1 Å². The van der Waals surface area contributed by atoms with Crippen LogP contribution in [-0.2, 0) is 12.8 Å². The SMILES string of the molecule is COc1ccc2c(c1O)-c1c(O)c(OC)cc3c1[C@@H](C2)NCC3. The lowest BCUT2D eigenvalue weighted by molar-refractivity contribution is 0.366. The van der Waals surface area contributed by atoms with Gasteiger partial charge in [-0.05, 0) is 48.2 Å². The van der Waals surface area contributed by atoms with Gasteiger partial charge in [0, 0.05) is 17.2 Å². The lowest BCUT2D eigenvalue weighted by Crippen LogP contribution is -2.33. The summed E-state index contributed by atoms with van der Waals surface area (Å²) in [5.74, 6) is 0.987. The molecule has 2 aliphatic rings. The van der Waals surface area contributed by atoms with Crippen molar-refractivity contribution in [3.63, 3.8) is 0 Å². The highest BCUT2D eigenvalue weighted by Gasteiger charge is 2.35. The Kier molecular flexibility index (Phi) is 3.13. The van der Waals surface area contributed by atoms with E-state index in [9.17, 15) is 10.2 Å². The molecule has 2 aromatic carbocycles. The molecule has 5 nitrogen and oxygen atoms in total. The Bertz CT molecular complexity index is 800. The molecule has 0 bridgehead atoms. The molecule has 4 rings (SSSR count). The first kappa shape index (κ1) is 14.2. The van der Waals surface area contributed by atoms with E-state index in [0.29, 0.717) is 22.6 Å². The van der Waals surface area contributed by atoms with Gasteiger partial charge in [0.2, 0.25) is 0 Å². The summed E-state index contributed by atoms with van der Waals surface area (Å²) < 4.78 is 10.6. The van der Waals surface area contributed by atoms with Crippen LogP contribution in [-0.4, -0.2) is 31.0 Å². The molecule has 0 fully saturated rings. The van der Waals surface area contributed by atoms with Crippen LogP contribution in [0.15, 0.2) is 18.2 Å². The monoisotopic (exact) mass is 313 g/mol. The molecule has 0 unspecified atom stereocenters. The Hall–Kier alpha value is -2.40. The normalized spacial score (nSPS) is 18.1. The number of methoxy groups -OCH3 is 2. The molecule has 1 heterocycles. The van der Waals surface area contributed by atoms with Crippen molar-refractivity contribution in [2.75, 3.05) is 20.8 Å². The number of rotatable bonds is 2. The molecular weight excluding hydrogens is 294 g/mol. The zero-order valence-corrected chi connectivity index (χ0v) is 13.1. The number of aromatic hydroxyl groups is 2. The maximum absolute atomic E-state index is 10.7. The van der Waals surface area contributed by atoms with Crippen LogP contribution in [0.5, 0.6) is 23.0 Å². The van der Waals surface area contributed by atoms with Crippen molar-refractivity contribution in [2.24, 2.45) is 0 Å². The molecule has 0 radical (unpaired) electrons. The van der Waals surface area contributed by atoms with E-state index in [1.54, 1.807) is 13.2 Å². The first-order valence-electron chi connectivity index (χ1n) is 7.71. The third kappa shape index (κ3) is 1.90. The van der Waals surface area contributed by atoms with Crippen LogP contribution in [0.2, 0.25) is 0 Å². The second-order valence-electron chi connectivity index (χ2n) is 5.99. The summed E-state index contributed by atoms with van der Waals surface area (Å²) in [5, 5.41) is 24.9. The number of ether oxygens (including phenoxy) is 2. The zero-order chi connectivity index (χ0) is 16.1. The number of phenols is 2. The molecule has 0 aromatic heterocycles. The molecule has 2 aromatic rings. The Balaban J connectivity index is 2.09. The molecule has 120 valence electrons. The van der Waals surface area contributed by atoms with Gasteiger partial charge in [-0.25, -0.2) is 0 Å². The lowest BCUT2D eigenvalue weighted by Gasteiger charge is -2.35. The minimum Gasteiger partial charge on any atom is -0.504 e. The number of fused-ring (bicyclic) bond motifs is 2. The molecule has 23 heavy (non-hydrogen) atoms. The molecule has 1 aliphatic carbocycles. The first-order chi connectivity index (χ1) is 11.2. The maximum Gasteiger partial charge on any atom is 0.166 e. The molecule has 1 aliphatic heterocycles. The van der Waals surface area contributed by atoms with Crippen molar-refractivity contribution in [2.45, 2.75) is 18.9 Å². The van der Waals surface area contributed by atoms with Crippen LogP contribution in [0.3, 0.4) is 0 Å². The van der Waals surface area contributed by atoms with E-state index in [1.165, 1.54) is 7.11 Å². The van der Waals surface area contributed by atoms with Gasteiger partial charge in [-0.1, -0.05) is 6.07 Å². The fraction of sp³-hybridized carbons (Fsp3) is 0.333. The Labute approximate surface area is 134 Å². The minimum atomic E-state index is 0.0692. The number of hydrogen-bond donors (Lipinski definition) is 3. The maximum atomic E-state index is 10.7. The van der Waals surface area contributed by atoms with Gasteiger partial charge in [-0.3, -0.25) is 0 Å². The van der Waals surface area contributed by atoms with Crippen LogP contribution in [0, 0.1) is 0 Å². The highest BCUT2D eigenvalue weighted by atomic mass is 16.5. The highest BCUT2D eigenvalue weighted by Crippen LogP contribution is 2.54. The van der Waals surface area contributed by atoms with Crippen LogP contribution in [0.25, 0.3) is 11.1 Å². The van der Waals surface area contributed by atoms with Gasteiger partial charge in [0.1, 0.15) is 0 Å². The summed E-state index contributed by atoms with van der Waals surface area (Å²) in [6.07, 6.45) is 1.65. The minimum absolute atomic E-state index is 0.0692. The highest BCUT2D eigenvalue weighted by molar-refractivity contribution is 5.88. The molecule has 0 amide bonds. The molecule has 3 N–H and O–H groups in total. The number of hydrogen-bond acceptors (Lipinski definition) is 5. The summed E-state index contributed by atoms with van der Waals surface area (Å²) in [5.41, 5.74) is 4.52. The molecule has 0 saturated carbocycles. The van der Waals surface area contributed by atoms with Crippen LogP contribution >= 0.6 is 0 Å². The Morgan fingerprint density at radius 3 is 2.48 bits per heavy atom. The van der Waals surface area contributed by atoms with E-state index in [2.05, 4.69) is 5.32 Å². The van der Waals surface area contributed by atoms with Gasteiger partial charge >= 0.3 is 0 Å². The van der Waals surface area contributed by atoms with Gasteiger partial charge in [-0.15, -0.1) is 0 Å². The fourth-order valence-corrected chi connectivity index (χ4v) is 3.83. The third-order valence-corrected chi connectivity index (χ3v) is 4.87. The van der Waals surface area contributed by atoms with Crippen molar-refractivity contribution >= 4 is 0 Å². The summed E-state index contributed by atoms with van der Waals surface area (Å²) >= 11 is 0. The van der Waals surface area contributed by atoms with Crippen molar-refractivity contribution in [1.82, 2.24) is 5.32 Å². The quantitative estimate of drug-likeness (QED) is 0.795. The zero-order valence-electron chi connectivity index (χ0n) is 13.1. The summed E-state index contributed by atoms with van der Waals surface area (Å²) in [6, 6.07) is 5.77. The summed E-state index contributed by atoms with van der Waals surface area (Å²) in [7, 11) is 3.07. The standard InChI is InChI=1S/C18H19NO4/c1-22-12-4-3-9-7-11-14-10(5-6-19-11)8-13(23-2)18(21)16(14)15(9)17(12)20/h3-4,8,11,19-21H,5-7H2,1-2H3/t11-/m1/s1. The van der Waals surface area contributed by atoms with E-state index in [1.807, 2.05) is 12.1 Å². The van der Waals surface area contributed by atoms with Gasteiger partial charge in [0.15, 0.2) is 23.0 Å². The Morgan fingerprint density at radius 2 is 1.74 bits per heavy atom. The molecule has 0 spiro atoms. The fourth-order valence-electron chi connectivity index (χ4n) is 3.83.